The molecule has 2 aromatic rings. The Hall–Kier alpha value is -2.22. The number of halogens is 3. The first-order chi connectivity index (χ1) is 12.0. The number of nitrogens with zero attached hydrogens (tertiary/aromatic N) is 4. The molecule has 1 N–H and O–H groups in total. The molecule has 0 amide bonds. The average molecular weight is 351 g/mol. The predicted molar refractivity (Wildman–Crippen MR) is 88.1 cm³/mol. The Morgan fingerprint density at radius 3 is 2.84 bits per heavy atom. The summed E-state index contributed by atoms with van der Waals surface area (Å²) in [5.74, 6) is 0.221. The molecule has 3 rings (SSSR count). The Labute approximate surface area is 144 Å². The molecule has 1 atom stereocenters. The zero-order chi connectivity index (χ0) is 17.7. The molecule has 5 nitrogen and oxygen atoms in total. The van der Waals surface area contributed by atoms with E-state index < -0.39 is 11.9 Å². The van der Waals surface area contributed by atoms with Crippen LogP contribution in [0.25, 0.3) is 0 Å². The van der Waals surface area contributed by atoms with Crippen LogP contribution in [0, 0.1) is 0 Å². The van der Waals surface area contributed by atoms with Crippen molar-refractivity contribution in [3.8, 4) is 0 Å². The van der Waals surface area contributed by atoms with Crippen molar-refractivity contribution in [2.75, 3.05) is 25.0 Å². The van der Waals surface area contributed by atoms with Crippen molar-refractivity contribution < 1.29 is 13.2 Å². The highest BCUT2D eigenvalue weighted by Crippen LogP contribution is 2.28. The molecule has 0 saturated carbocycles. The molecule has 134 valence electrons. The number of alkyl halides is 3. The summed E-state index contributed by atoms with van der Waals surface area (Å²) in [4.78, 5) is 13.8. The Morgan fingerprint density at radius 1 is 1.20 bits per heavy atom. The van der Waals surface area contributed by atoms with E-state index in [9.17, 15) is 13.2 Å². The fourth-order valence-corrected chi connectivity index (χ4v) is 3.00. The standard InChI is InChI=1S/C17H20F3N5/c18-17(19,20)15-10-16(23-12-22-15)24-14-5-3-8-25(11-14)9-6-13-4-1-2-7-21-13/h1-2,4,7,10,12,14H,3,5-6,8-9,11H2,(H,22,23,24). The third-order valence-corrected chi connectivity index (χ3v) is 4.23. The lowest BCUT2D eigenvalue weighted by molar-refractivity contribution is -0.141. The molecule has 25 heavy (non-hydrogen) atoms. The largest absolute Gasteiger partial charge is 0.433 e. The Bertz CT molecular complexity index is 677. The molecule has 1 aliphatic heterocycles. The third-order valence-electron chi connectivity index (χ3n) is 4.23. The van der Waals surface area contributed by atoms with Gasteiger partial charge in [-0.15, -0.1) is 0 Å². The highest BCUT2D eigenvalue weighted by molar-refractivity contribution is 5.37. The van der Waals surface area contributed by atoms with Crippen molar-refractivity contribution >= 4 is 5.82 Å². The zero-order valence-corrected chi connectivity index (χ0v) is 13.7. The molecule has 8 heteroatoms. The molecule has 0 aromatic carbocycles. The van der Waals surface area contributed by atoms with E-state index in [2.05, 4.69) is 25.2 Å². The van der Waals surface area contributed by atoms with Crippen molar-refractivity contribution in [2.24, 2.45) is 0 Å². The number of anilines is 1. The lowest BCUT2D eigenvalue weighted by Gasteiger charge is -2.33. The van der Waals surface area contributed by atoms with Crippen molar-refractivity contribution in [3.05, 3.63) is 48.2 Å². The topological polar surface area (TPSA) is 53.9 Å². The summed E-state index contributed by atoms with van der Waals surface area (Å²) in [6.07, 6.45) is 1.04. The van der Waals surface area contributed by atoms with Crippen molar-refractivity contribution in [1.82, 2.24) is 19.9 Å². The lowest BCUT2D eigenvalue weighted by atomic mass is 10.1. The molecular weight excluding hydrogens is 331 g/mol. The van der Waals surface area contributed by atoms with Gasteiger partial charge < -0.3 is 10.2 Å². The molecule has 1 saturated heterocycles. The number of likely N-dealkylation sites (tertiary alicyclic amines) is 1. The van der Waals surface area contributed by atoms with Gasteiger partial charge >= 0.3 is 6.18 Å². The third kappa shape index (κ3) is 5.12. The highest BCUT2D eigenvalue weighted by Gasteiger charge is 2.33. The molecule has 0 aliphatic carbocycles. The van der Waals surface area contributed by atoms with Crippen molar-refractivity contribution in [2.45, 2.75) is 31.5 Å². The maximum atomic E-state index is 12.7. The molecule has 1 aliphatic rings. The molecule has 0 spiro atoms. The minimum Gasteiger partial charge on any atom is -0.366 e. The number of nitrogens with one attached hydrogen (secondary N) is 1. The predicted octanol–water partition coefficient (Wildman–Crippen LogP) is 3.01. The Kier molecular flexibility index (Phi) is 5.47. The zero-order valence-electron chi connectivity index (χ0n) is 13.7. The van der Waals surface area contributed by atoms with Gasteiger partial charge in [0.25, 0.3) is 0 Å². The van der Waals surface area contributed by atoms with E-state index in [1.165, 1.54) is 0 Å². The van der Waals surface area contributed by atoms with Gasteiger partial charge in [0.15, 0.2) is 0 Å². The van der Waals surface area contributed by atoms with Gasteiger partial charge in [0.2, 0.25) is 0 Å². The van der Waals surface area contributed by atoms with Gasteiger partial charge in [0, 0.05) is 43.5 Å². The van der Waals surface area contributed by atoms with E-state index in [0.717, 1.165) is 57.0 Å². The number of rotatable bonds is 5. The summed E-state index contributed by atoms with van der Waals surface area (Å²) in [6.45, 7) is 2.65. The van der Waals surface area contributed by atoms with E-state index in [-0.39, 0.29) is 11.9 Å². The van der Waals surface area contributed by atoms with Gasteiger partial charge in [-0.25, -0.2) is 9.97 Å². The van der Waals surface area contributed by atoms with Crippen LogP contribution in [0.4, 0.5) is 19.0 Å². The summed E-state index contributed by atoms with van der Waals surface area (Å²) in [7, 11) is 0. The summed E-state index contributed by atoms with van der Waals surface area (Å²) in [5, 5.41) is 3.11. The smallest absolute Gasteiger partial charge is 0.366 e. The van der Waals surface area contributed by atoms with Crippen LogP contribution in [0.15, 0.2) is 36.8 Å². The maximum Gasteiger partial charge on any atom is 0.433 e. The second kappa shape index (κ2) is 7.77. The van der Waals surface area contributed by atoms with E-state index in [0.29, 0.717) is 0 Å². The summed E-state index contributed by atoms with van der Waals surface area (Å²) >= 11 is 0. The second-order valence-corrected chi connectivity index (χ2v) is 6.14. The summed E-state index contributed by atoms with van der Waals surface area (Å²) < 4.78 is 38.2. The van der Waals surface area contributed by atoms with Gasteiger partial charge in [0.1, 0.15) is 17.8 Å². The first-order valence-electron chi connectivity index (χ1n) is 8.29. The fraction of sp³-hybridized carbons (Fsp3) is 0.471. The fourth-order valence-electron chi connectivity index (χ4n) is 3.00. The maximum absolute atomic E-state index is 12.7. The number of hydrogen-bond acceptors (Lipinski definition) is 5. The molecular formula is C17H20F3N5. The van der Waals surface area contributed by atoms with E-state index in [4.69, 9.17) is 0 Å². The monoisotopic (exact) mass is 351 g/mol. The molecule has 1 unspecified atom stereocenters. The van der Waals surface area contributed by atoms with Crippen LogP contribution in [0.1, 0.15) is 24.2 Å². The first-order valence-corrected chi connectivity index (χ1v) is 8.29. The molecule has 1 fully saturated rings. The normalized spacial score (nSPS) is 18.9. The minimum absolute atomic E-state index is 0.0773. The van der Waals surface area contributed by atoms with Crippen LogP contribution >= 0.6 is 0 Å². The van der Waals surface area contributed by atoms with E-state index >= 15 is 0 Å². The van der Waals surface area contributed by atoms with Gasteiger partial charge in [0.05, 0.1) is 0 Å². The van der Waals surface area contributed by atoms with Gasteiger partial charge in [-0.3, -0.25) is 4.98 Å². The molecule has 3 heterocycles. The van der Waals surface area contributed by atoms with Crippen LogP contribution < -0.4 is 5.32 Å². The molecule has 0 radical (unpaired) electrons. The number of piperidine rings is 1. The van der Waals surface area contributed by atoms with Gasteiger partial charge in [-0.05, 0) is 31.5 Å². The number of aromatic nitrogens is 3. The SMILES string of the molecule is FC(F)(F)c1cc(NC2CCCN(CCc3ccccn3)C2)ncn1. The van der Waals surface area contributed by atoms with Gasteiger partial charge in [-0.2, -0.15) is 13.2 Å². The Balaban J connectivity index is 1.55. The summed E-state index contributed by atoms with van der Waals surface area (Å²) in [5.41, 5.74) is 0.121. The van der Waals surface area contributed by atoms with Crippen molar-refractivity contribution in [1.29, 1.82) is 0 Å². The molecule has 2 aromatic heterocycles. The van der Waals surface area contributed by atoms with Gasteiger partial charge in [-0.1, -0.05) is 6.07 Å². The lowest BCUT2D eigenvalue weighted by Crippen LogP contribution is -2.43. The minimum atomic E-state index is -4.46. The van der Waals surface area contributed by atoms with Crippen LogP contribution in [0.2, 0.25) is 0 Å². The van der Waals surface area contributed by atoms with E-state index in [1.807, 2.05) is 18.2 Å². The van der Waals surface area contributed by atoms with Crippen LogP contribution in [-0.2, 0) is 12.6 Å². The number of pyridine rings is 1. The van der Waals surface area contributed by atoms with Crippen molar-refractivity contribution in [3.63, 3.8) is 0 Å². The van der Waals surface area contributed by atoms with Crippen LogP contribution in [0.3, 0.4) is 0 Å². The van der Waals surface area contributed by atoms with Crippen LogP contribution in [0.5, 0.6) is 0 Å². The highest BCUT2D eigenvalue weighted by atomic mass is 19.4. The number of hydrogen-bond donors (Lipinski definition) is 1. The Morgan fingerprint density at radius 2 is 2.08 bits per heavy atom. The van der Waals surface area contributed by atoms with Crippen LogP contribution in [-0.4, -0.2) is 45.5 Å². The summed E-state index contributed by atoms with van der Waals surface area (Å²) in [6, 6.07) is 6.90. The quantitative estimate of drug-likeness (QED) is 0.897. The first kappa shape index (κ1) is 17.6. The average Bonchev–Trinajstić information content (AvgIpc) is 2.61. The van der Waals surface area contributed by atoms with E-state index in [1.54, 1.807) is 6.20 Å². The second-order valence-electron chi connectivity index (χ2n) is 6.14. The molecule has 0 bridgehead atoms.